The highest BCUT2D eigenvalue weighted by molar-refractivity contribution is 5.83. The highest BCUT2D eigenvalue weighted by atomic mass is 19.1. The number of hydrogen-bond donors (Lipinski definition) is 2. The van der Waals surface area contributed by atoms with Crippen LogP contribution in [0.1, 0.15) is 83.3 Å². The van der Waals surface area contributed by atoms with Crippen LogP contribution in [0.25, 0.3) is 11.1 Å². The summed E-state index contributed by atoms with van der Waals surface area (Å²) in [5, 5.41) is 13.1. The fraction of sp³-hybridized carbons (Fsp3) is 0.576. The molecule has 6 nitrogen and oxygen atoms in total. The number of carboxylic acid groups (broad SMARTS) is 1. The van der Waals surface area contributed by atoms with E-state index in [4.69, 9.17) is 4.74 Å². The lowest BCUT2D eigenvalue weighted by molar-refractivity contribution is -0.142. The average molecular weight is 551 g/mol. The van der Waals surface area contributed by atoms with Gasteiger partial charge < -0.3 is 15.2 Å². The first-order chi connectivity index (χ1) is 18.9. The van der Waals surface area contributed by atoms with Crippen LogP contribution in [0, 0.1) is 17.2 Å². The highest BCUT2D eigenvalue weighted by Gasteiger charge is 2.41. The summed E-state index contributed by atoms with van der Waals surface area (Å²) in [4.78, 5) is 27.0. The van der Waals surface area contributed by atoms with Gasteiger partial charge in [0.2, 0.25) is 5.91 Å². The minimum absolute atomic E-state index is 0.0717. The molecule has 2 N–H and O–H groups in total. The lowest BCUT2D eigenvalue weighted by Crippen LogP contribution is -2.51. The normalized spacial score (nSPS) is 24.7. The molecule has 1 heterocycles. The SMILES string of the molecule is CN1CC(C)(C)CC1C(=O)NC1CC(COc2ccc(C(C)(C)C(=O)O)cc2-c2cccc(F)c2C2CCC2)C1. The molecule has 2 aromatic carbocycles. The van der Waals surface area contributed by atoms with Crippen molar-refractivity contribution in [3.8, 4) is 16.9 Å². The number of nitrogens with zero attached hydrogens (tertiary/aromatic N) is 1. The van der Waals surface area contributed by atoms with E-state index in [1.165, 1.54) is 6.07 Å². The second kappa shape index (κ2) is 10.8. The molecular formula is C33H43FN2O4. The Balaban J connectivity index is 1.30. The number of nitrogens with one attached hydrogen (secondary N) is 1. The number of rotatable bonds is 9. The fourth-order valence-corrected chi connectivity index (χ4v) is 6.58. The molecule has 2 saturated carbocycles. The Kier molecular flexibility index (Phi) is 7.73. The van der Waals surface area contributed by atoms with Gasteiger partial charge in [0.25, 0.3) is 0 Å². The molecule has 5 rings (SSSR count). The molecule has 0 radical (unpaired) electrons. The van der Waals surface area contributed by atoms with E-state index in [-0.39, 0.29) is 35.1 Å². The number of ether oxygens (including phenoxy) is 1. The minimum atomic E-state index is -1.10. The molecule has 0 spiro atoms. The number of carbonyl (C=O) groups excluding carboxylic acids is 1. The molecular weight excluding hydrogens is 507 g/mol. The van der Waals surface area contributed by atoms with Gasteiger partial charge in [0, 0.05) is 18.2 Å². The van der Waals surface area contributed by atoms with Gasteiger partial charge in [-0.3, -0.25) is 14.5 Å². The number of likely N-dealkylation sites (tertiary alicyclic amines) is 1. The van der Waals surface area contributed by atoms with E-state index in [1.54, 1.807) is 26.0 Å². The lowest BCUT2D eigenvalue weighted by atomic mass is 9.76. The van der Waals surface area contributed by atoms with Crippen molar-refractivity contribution in [3.63, 3.8) is 0 Å². The molecule has 0 bridgehead atoms. The van der Waals surface area contributed by atoms with Gasteiger partial charge in [-0.15, -0.1) is 0 Å². The number of likely N-dealkylation sites (N-methyl/N-ethyl adjacent to an activating group) is 1. The molecule has 1 unspecified atom stereocenters. The maximum absolute atomic E-state index is 15.1. The van der Waals surface area contributed by atoms with Crippen LogP contribution in [0.15, 0.2) is 36.4 Å². The molecule has 2 aromatic rings. The Labute approximate surface area is 237 Å². The zero-order chi connectivity index (χ0) is 28.8. The maximum Gasteiger partial charge on any atom is 0.313 e. The zero-order valence-electron chi connectivity index (χ0n) is 24.4. The summed E-state index contributed by atoms with van der Waals surface area (Å²) in [6.45, 7) is 9.18. The summed E-state index contributed by atoms with van der Waals surface area (Å²) in [5.74, 6) is 0.0974. The molecule has 1 atom stereocenters. The van der Waals surface area contributed by atoms with Gasteiger partial charge in [-0.25, -0.2) is 4.39 Å². The molecule has 1 saturated heterocycles. The van der Waals surface area contributed by atoms with E-state index in [1.807, 2.05) is 25.2 Å². The molecule has 0 aromatic heterocycles. The highest BCUT2D eigenvalue weighted by Crippen LogP contribution is 2.45. The van der Waals surface area contributed by atoms with Gasteiger partial charge in [0.05, 0.1) is 18.1 Å². The predicted octanol–water partition coefficient (Wildman–Crippen LogP) is 6.13. The quantitative estimate of drug-likeness (QED) is 0.393. The second-order valence-corrected chi connectivity index (χ2v) is 13.6. The first-order valence-corrected chi connectivity index (χ1v) is 14.7. The summed E-state index contributed by atoms with van der Waals surface area (Å²) >= 11 is 0. The van der Waals surface area contributed by atoms with Crippen LogP contribution in [0.3, 0.4) is 0 Å². The first kappa shape index (κ1) is 28.6. The summed E-state index contributed by atoms with van der Waals surface area (Å²) in [6, 6.07) is 10.7. The van der Waals surface area contributed by atoms with Crippen LogP contribution in [0.2, 0.25) is 0 Å². The fourth-order valence-electron chi connectivity index (χ4n) is 6.58. The van der Waals surface area contributed by atoms with Crippen LogP contribution in [-0.4, -0.2) is 54.2 Å². The lowest BCUT2D eigenvalue weighted by Gasteiger charge is -2.37. The van der Waals surface area contributed by atoms with E-state index >= 15 is 4.39 Å². The summed E-state index contributed by atoms with van der Waals surface area (Å²) < 4.78 is 21.5. The smallest absolute Gasteiger partial charge is 0.313 e. The summed E-state index contributed by atoms with van der Waals surface area (Å²) in [6.07, 6.45) is 5.58. The Hall–Kier alpha value is -2.93. The van der Waals surface area contributed by atoms with Gasteiger partial charge in [-0.1, -0.05) is 38.5 Å². The van der Waals surface area contributed by atoms with E-state index in [9.17, 15) is 14.7 Å². The van der Waals surface area contributed by atoms with Crippen molar-refractivity contribution in [2.24, 2.45) is 11.3 Å². The number of benzene rings is 2. The van der Waals surface area contributed by atoms with Gasteiger partial charge in [-0.05, 0) is 105 Å². The molecule has 3 aliphatic rings. The zero-order valence-corrected chi connectivity index (χ0v) is 24.4. The number of halogens is 1. The second-order valence-electron chi connectivity index (χ2n) is 13.6. The number of carboxylic acids is 1. The first-order valence-electron chi connectivity index (χ1n) is 14.7. The van der Waals surface area contributed by atoms with Gasteiger partial charge in [0.15, 0.2) is 0 Å². The van der Waals surface area contributed by atoms with Crippen LogP contribution >= 0.6 is 0 Å². The number of carbonyl (C=O) groups is 2. The summed E-state index contributed by atoms with van der Waals surface area (Å²) in [5.41, 5.74) is 1.93. The Morgan fingerprint density at radius 2 is 1.88 bits per heavy atom. The van der Waals surface area contributed by atoms with Crippen LogP contribution in [-0.2, 0) is 15.0 Å². The third-order valence-corrected chi connectivity index (χ3v) is 9.41. The Morgan fingerprint density at radius 3 is 2.48 bits per heavy atom. The monoisotopic (exact) mass is 550 g/mol. The molecule has 7 heteroatoms. The molecule has 1 aliphatic heterocycles. The van der Waals surface area contributed by atoms with Crippen molar-refractivity contribution in [2.75, 3.05) is 20.2 Å². The standard InChI is InChI=1S/C33H43FN2O4/c1-32(2)17-27(36(5)19-32)30(37)35-23-14-20(15-23)18-40-28-13-12-22(33(3,4)31(38)39)16-25(28)24-10-7-11-26(34)29(24)21-8-6-9-21/h7,10-13,16,20-21,23,27H,6,8-9,14-15,17-19H2,1-5H3,(H,35,37)(H,38,39). The molecule has 2 aliphatic carbocycles. The molecule has 3 fully saturated rings. The van der Waals surface area contributed by atoms with Crippen molar-refractivity contribution >= 4 is 11.9 Å². The van der Waals surface area contributed by atoms with Crippen LogP contribution in [0.4, 0.5) is 4.39 Å². The molecule has 40 heavy (non-hydrogen) atoms. The number of hydrogen-bond acceptors (Lipinski definition) is 4. The Morgan fingerprint density at radius 1 is 1.15 bits per heavy atom. The minimum Gasteiger partial charge on any atom is -0.493 e. The van der Waals surface area contributed by atoms with Gasteiger partial charge in [-0.2, -0.15) is 0 Å². The van der Waals surface area contributed by atoms with Crippen molar-refractivity contribution in [1.82, 2.24) is 10.2 Å². The van der Waals surface area contributed by atoms with Crippen molar-refractivity contribution in [1.29, 1.82) is 0 Å². The topological polar surface area (TPSA) is 78.9 Å². The third kappa shape index (κ3) is 5.63. The molecule has 216 valence electrons. The molecule has 1 amide bonds. The van der Waals surface area contributed by atoms with Crippen molar-refractivity contribution < 1.29 is 23.8 Å². The largest absolute Gasteiger partial charge is 0.493 e. The maximum atomic E-state index is 15.1. The number of amides is 1. The predicted molar refractivity (Wildman–Crippen MR) is 154 cm³/mol. The van der Waals surface area contributed by atoms with Crippen LogP contribution in [0.5, 0.6) is 5.75 Å². The van der Waals surface area contributed by atoms with Crippen molar-refractivity contribution in [2.45, 2.75) is 89.6 Å². The van der Waals surface area contributed by atoms with E-state index in [0.717, 1.165) is 56.2 Å². The van der Waals surface area contributed by atoms with Gasteiger partial charge >= 0.3 is 5.97 Å². The van der Waals surface area contributed by atoms with E-state index in [2.05, 4.69) is 24.1 Å². The summed E-state index contributed by atoms with van der Waals surface area (Å²) in [7, 11) is 2.02. The van der Waals surface area contributed by atoms with E-state index in [0.29, 0.717) is 29.4 Å². The average Bonchev–Trinajstić information content (AvgIpc) is 3.12. The number of aliphatic carboxylic acids is 1. The van der Waals surface area contributed by atoms with Gasteiger partial charge in [0.1, 0.15) is 11.6 Å². The van der Waals surface area contributed by atoms with Crippen LogP contribution < -0.4 is 10.1 Å². The third-order valence-electron chi connectivity index (χ3n) is 9.41. The van der Waals surface area contributed by atoms with Crippen molar-refractivity contribution in [3.05, 3.63) is 53.3 Å². The Bertz CT molecular complexity index is 1280. The van der Waals surface area contributed by atoms with E-state index < -0.39 is 11.4 Å².